The summed E-state index contributed by atoms with van der Waals surface area (Å²) >= 11 is 0. The lowest BCUT2D eigenvalue weighted by atomic mass is 9.83. The fraction of sp³-hybridized carbons (Fsp3) is 0.571. The van der Waals surface area contributed by atoms with Crippen LogP contribution in [0, 0.1) is 0 Å². The highest BCUT2D eigenvalue weighted by Crippen LogP contribution is 2.29. The average Bonchev–Trinajstić information content (AvgIpc) is 2.45. The lowest BCUT2D eigenvalue weighted by Crippen LogP contribution is -2.60. The molecule has 1 aliphatic carbocycles. The smallest absolute Gasteiger partial charge is 0.180 e. The molecule has 0 heterocycles. The lowest BCUT2D eigenvalue weighted by Gasteiger charge is -2.43. The van der Waals surface area contributed by atoms with Crippen LogP contribution in [0.1, 0.15) is 20.3 Å². The molecule has 3 unspecified atom stereocenters. The molecule has 0 amide bonds. The standard InChI is InChI=1S/C14H22N2O3S/c1-3-19-12-9-10(15)14(12)16-11-7-5-6-8-13(11)20(17,18)4-2/h5-8,10,12,14,16H,3-4,9,15H2,1-2H3. The number of rotatable bonds is 6. The quantitative estimate of drug-likeness (QED) is 0.829. The summed E-state index contributed by atoms with van der Waals surface area (Å²) in [7, 11) is -3.25. The topological polar surface area (TPSA) is 81.4 Å². The fourth-order valence-electron chi connectivity index (χ4n) is 2.42. The van der Waals surface area contributed by atoms with Crippen molar-refractivity contribution in [1.29, 1.82) is 0 Å². The zero-order valence-corrected chi connectivity index (χ0v) is 12.7. The molecule has 0 radical (unpaired) electrons. The van der Waals surface area contributed by atoms with Crippen LogP contribution in [0.4, 0.5) is 5.69 Å². The van der Waals surface area contributed by atoms with E-state index in [-0.39, 0.29) is 23.9 Å². The van der Waals surface area contributed by atoms with Gasteiger partial charge in [0.1, 0.15) is 0 Å². The van der Waals surface area contributed by atoms with E-state index in [0.717, 1.165) is 6.42 Å². The summed E-state index contributed by atoms with van der Waals surface area (Å²) in [6.07, 6.45) is 0.848. The number of nitrogens with two attached hydrogens (primary N) is 1. The summed E-state index contributed by atoms with van der Waals surface area (Å²) in [5, 5.41) is 3.24. The van der Waals surface area contributed by atoms with Crippen LogP contribution in [0.15, 0.2) is 29.2 Å². The van der Waals surface area contributed by atoms with E-state index in [4.69, 9.17) is 10.5 Å². The van der Waals surface area contributed by atoms with Crippen LogP contribution in [-0.4, -0.2) is 39.0 Å². The molecule has 0 aliphatic heterocycles. The van der Waals surface area contributed by atoms with Crippen LogP contribution in [0.3, 0.4) is 0 Å². The van der Waals surface area contributed by atoms with E-state index < -0.39 is 9.84 Å². The third-order valence-electron chi connectivity index (χ3n) is 3.67. The third-order valence-corrected chi connectivity index (χ3v) is 5.46. The Labute approximate surface area is 120 Å². The molecule has 1 fully saturated rings. The molecular formula is C14H22N2O3S. The second-order valence-corrected chi connectivity index (χ2v) is 7.21. The molecule has 1 aromatic carbocycles. The largest absolute Gasteiger partial charge is 0.377 e. The monoisotopic (exact) mass is 298 g/mol. The van der Waals surface area contributed by atoms with Gasteiger partial charge in [-0.3, -0.25) is 0 Å². The molecule has 1 aromatic rings. The van der Waals surface area contributed by atoms with Crippen molar-refractivity contribution >= 4 is 15.5 Å². The highest BCUT2D eigenvalue weighted by atomic mass is 32.2. The van der Waals surface area contributed by atoms with E-state index in [2.05, 4.69) is 5.32 Å². The summed E-state index contributed by atoms with van der Waals surface area (Å²) < 4.78 is 29.8. The van der Waals surface area contributed by atoms with E-state index >= 15 is 0 Å². The summed E-state index contributed by atoms with van der Waals surface area (Å²) in [5.41, 5.74) is 6.60. The van der Waals surface area contributed by atoms with Gasteiger partial charge in [0.15, 0.2) is 9.84 Å². The van der Waals surface area contributed by atoms with E-state index in [1.807, 2.05) is 13.0 Å². The molecule has 5 nitrogen and oxygen atoms in total. The number of benzene rings is 1. The third kappa shape index (κ3) is 2.97. The van der Waals surface area contributed by atoms with Crippen molar-refractivity contribution < 1.29 is 13.2 Å². The van der Waals surface area contributed by atoms with Gasteiger partial charge in [0.05, 0.1) is 28.5 Å². The predicted molar refractivity (Wildman–Crippen MR) is 79.6 cm³/mol. The molecule has 2 rings (SSSR count). The lowest BCUT2D eigenvalue weighted by molar-refractivity contribution is -0.0126. The first-order chi connectivity index (χ1) is 9.49. The number of hydrogen-bond donors (Lipinski definition) is 2. The number of hydrogen-bond acceptors (Lipinski definition) is 5. The van der Waals surface area contributed by atoms with Gasteiger partial charge in [-0.05, 0) is 25.5 Å². The molecule has 20 heavy (non-hydrogen) atoms. The van der Waals surface area contributed by atoms with Crippen LogP contribution >= 0.6 is 0 Å². The van der Waals surface area contributed by atoms with Crippen molar-refractivity contribution in [2.75, 3.05) is 17.7 Å². The highest BCUT2D eigenvalue weighted by molar-refractivity contribution is 7.91. The second-order valence-electron chi connectivity index (χ2n) is 4.96. The van der Waals surface area contributed by atoms with Crippen molar-refractivity contribution in [3.8, 4) is 0 Å². The van der Waals surface area contributed by atoms with Gasteiger partial charge in [-0.1, -0.05) is 19.1 Å². The van der Waals surface area contributed by atoms with Gasteiger partial charge < -0.3 is 15.8 Å². The van der Waals surface area contributed by atoms with E-state index in [1.54, 1.807) is 25.1 Å². The number of sulfone groups is 1. The van der Waals surface area contributed by atoms with Gasteiger partial charge >= 0.3 is 0 Å². The molecule has 0 saturated heterocycles. The van der Waals surface area contributed by atoms with Gasteiger partial charge in [-0.2, -0.15) is 0 Å². The van der Waals surface area contributed by atoms with Crippen molar-refractivity contribution in [3.63, 3.8) is 0 Å². The maximum Gasteiger partial charge on any atom is 0.180 e. The molecule has 1 saturated carbocycles. The van der Waals surface area contributed by atoms with E-state index in [9.17, 15) is 8.42 Å². The number of nitrogens with one attached hydrogen (secondary N) is 1. The van der Waals surface area contributed by atoms with Gasteiger partial charge in [0, 0.05) is 12.6 Å². The van der Waals surface area contributed by atoms with Crippen LogP contribution in [0.2, 0.25) is 0 Å². The van der Waals surface area contributed by atoms with Crippen molar-refractivity contribution in [2.24, 2.45) is 5.73 Å². The van der Waals surface area contributed by atoms with Crippen LogP contribution in [0.5, 0.6) is 0 Å². The molecule has 0 aromatic heterocycles. The zero-order valence-electron chi connectivity index (χ0n) is 11.9. The second kappa shape index (κ2) is 6.11. The molecule has 0 bridgehead atoms. The summed E-state index contributed by atoms with van der Waals surface area (Å²) in [6.45, 7) is 4.21. The normalized spacial score (nSPS) is 26.1. The summed E-state index contributed by atoms with van der Waals surface area (Å²) in [6, 6.07) is 6.90. The first-order valence-corrected chi connectivity index (χ1v) is 8.60. The van der Waals surface area contributed by atoms with Crippen LogP contribution in [0.25, 0.3) is 0 Å². The van der Waals surface area contributed by atoms with Gasteiger partial charge in [-0.25, -0.2) is 8.42 Å². The Balaban J connectivity index is 2.22. The summed E-state index contributed by atoms with van der Waals surface area (Å²) in [4.78, 5) is 0.330. The maximum atomic E-state index is 12.1. The number of anilines is 1. The minimum Gasteiger partial charge on any atom is -0.377 e. The Hall–Kier alpha value is -1.11. The van der Waals surface area contributed by atoms with Gasteiger partial charge in [0.2, 0.25) is 0 Å². The SMILES string of the molecule is CCOC1CC(N)C1Nc1ccccc1S(=O)(=O)CC. The maximum absolute atomic E-state index is 12.1. The Morgan fingerprint density at radius 1 is 1.35 bits per heavy atom. The number of para-hydroxylation sites is 1. The summed E-state index contributed by atoms with van der Waals surface area (Å²) in [5.74, 6) is 0.0807. The Morgan fingerprint density at radius 3 is 2.65 bits per heavy atom. The Bertz CT molecular complexity index is 557. The van der Waals surface area contributed by atoms with Crippen LogP contribution in [-0.2, 0) is 14.6 Å². The molecule has 112 valence electrons. The fourth-order valence-corrected chi connectivity index (χ4v) is 3.48. The van der Waals surface area contributed by atoms with E-state index in [1.165, 1.54) is 0 Å². The van der Waals surface area contributed by atoms with Crippen molar-refractivity contribution in [1.82, 2.24) is 0 Å². The zero-order chi connectivity index (χ0) is 14.8. The number of ether oxygens (including phenoxy) is 1. The highest BCUT2D eigenvalue weighted by Gasteiger charge is 2.39. The molecule has 6 heteroatoms. The minimum absolute atomic E-state index is 0.0102. The minimum atomic E-state index is -3.25. The predicted octanol–water partition coefficient (Wildman–Crippen LogP) is 1.40. The van der Waals surface area contributed by atoms with Crippen molar-refractivity contribution in [3.05, 3.63) is 24.3 Å². The molecule has 1 aliphatic rings. The van der Waals surface area contributed by atoms with Gasteiger partial charge in [-0.15, -0.1) is 0 Å². The Kier molecular flexibility index (Phi) is 4.67. The van der Waals surface area contributed by atoms with Crippen LogP contribution < -0.4 is 11.1 Å². The van der Waals surface area contributed by atoms with E-state index in [0.29, 0.717) is 17.2 Å². The Morgan fingerprint density at radius 2 is 2.05 bits per heavy atom. The molecular weight excluding hydrogens is 276 g/mol. The molecule has 0 spiro atoms. The van der Waals surface area contributed by atoms with Crippen molar-refractivity contribution in [2.45, 2.75) is 43.4 Å². The molecule has 3 N–H and O–H groups in total. The first-order valence-electron chi connectivity index (χ1n) is 6.95. The molecule has 3 atom stereocenters. The first kappa shape index (κ1) is 15.3. The van der Waals surface area contributed by atoms with Gasteiger partial charge in [0.25, 0.3) is 0 Å². The average molecular weight is 298 g/mol.